The zero-order valence-electron chi connectivity index (χ0n) is 16.4. The largest absolute Gasteiger partial charge is 0.338 e. The predicted octanol–water partition coefficient (Wildman–Crippen LogP) is 3.59. The van der Waals surface area contributed by atoms with Crippen LogP contribution in [0.5, 0.6) is 0 Å². The lowest BCUT2D eigenvalue weighted by Crippen LogP contribution is -2.57. The van der Waals surface area contributed by atoms with Gasteiger partial charge in [-0.3, -0.25) is 19.3 Å². The predicted molar refractivity (Wildman–Crippen MR) is 110 cm³/mol. The Labute approximate surface area is 170 Å². The van der Waals surface area contributed by atoms with E-state index in [4.69, 9.17) is 0 Å². The van der Waals surface area contributed by atoms with Gasteiger partial charge < -0.3 is 4.90 Å². The van der Waals surface area contributed by atoms with Crippen LogP contribution in [0.1, 0.15) is 65.7 Å². The van der Waals surface area contributed by atoms with Gasteiger partial charge in [-0.1, -0.05) is 25.0 Å². The highest BCUT2D eigenvalue weighted by Crippen LogP contribution is 2.36. The quantitative estimate of drug-likeness (QED) is 0.709. The second kappa shape index (κ2) is 8.27. The number of amides is 3. The number of thioether (sulfide) groups is 1. The zero-order valence-corrected chi connectivity index (χ0v) is 17.2. The zero-order chi connectivity index (χ0) is 19.7. The van der Waals surface area contributed by atoms with E-state index in [0.29, 0.717) is 23.5 Å². The number of benzene rings is 1. The van der Waals surface area contributed by atoms with Crippen LogP contribution in [0.25, 0.3) is 0 Å². The number of likely N-dealkylation sites (tertiary alicyclic amines) is 1. The van der Waals surface area contributed by atoms with Crippen LogP contribution in [-0.2, 0) is 4.79 Å². The van der Waals surface area contributed by atoms with E-state index in [1.807, 2.05) is 11.2 Å². The maximum atomic E-state index is 13.7. The molecule has 3 atom stereocenters. The first kappa shape index (κ1) is 19.5. The number of nitrogens with zero attached hydrogens (tertiary/aromatic N) is 2. The number of carbonyl (C=O) groups excluding carboxylic acids is 3. The highest BCUT2D eigenvalue weighted by Gasteiger charge is 2.46. The number of hydrogen-bond donors (Lipinski definition) is 0. The van der Waals surface area contributed by atoms with Crippen LogP contribution in [-0.4, -0.2) is 58.2 Å². The fraction of sp³-hybridized carbons (Fsp3) is 0.591. The molecule has 2 heterocycles. The van der Waals surface area contributed by atoms with Crippen molar-refractivity contribution in [3.05, 3.63) is 35.4 Å². The van der Waals surface area contributed by atoms with Gasteiger partial charge >= 0.3 is 0 Å². The Balaban J connectivity index is 1.62. The Kier molecular flexibility index (Phi) is 5.76. The number of piperidine rings is 1. The molecular weight excluding hydrogens is 372 g/mol. The highest BCUT2D eigenvalue weighted by molar-refractivity contribution is 7.98. The van der Waals surface area contributed by atoms with Crippen LogP contribution < -0.4 is 0 Å². The summed E-state index contributed by atoms with van der Waals surface area (Å²) in [7, 11) is 0. The monoisotopic (exact) mass is 400 g/mol. The minimum Gasteiger partial charge on any atom is -0.338 e. The molecule has 1 aromatic carbocycles. The van der Waals surface area contributed by atoms with Crippen molar-refractivity contribution in [2.75, 3.05) is 18.6 Å². The first-order valence-corrected chi connectivity index (χ1v) is 11.8. The van der Waals surface area contributed by atoms with E-state index in [-0.39, 0.29) is 23.8 Å². The van der Waals surface area contributed by atoms with Gasteiger partial charge in [0.25, 0.3) is 11.8 Å². The highest BCUT2D eigenvalue weighted by atomic mass is 32.2. The molecule has 1 aliphatic carbocycles. The van der Waals surface area contributed by atoms with Crippen molar-refractivity contribution in [2.24, 2.45) is 5.92 Å². The van der Waals surface area contributed by atoms with Crippen molar-refractivity contribution in [3.63, 3.8) is 0 Å². The van der Waals surface area contributed by atoms with Gasteiger partial charge in [-0.2, -0.15) is 11.8 Å². The third-order valence-electron chi connectivity index (χ3n) is 6.54. The summed E-state index contributed by atoms with van der Waals surface area (Å²) in [4.78, 5) is 42.9. The van der Waals surface area contributed by atoms with Crippen LogP contribution in [0.3, 0.4) is 0 Å². The third kappa shape index (κ3) is 3.36. The number of rotatable bonds is 5. The second-order valence-corrected chi connectivity index (χ2v) is 9.09. The van der Waals surface area contributed by atoms with Crippen molar-refractivity contribution in [3.8, 4) is 0 Å². The molecule has 6 heteroatoms. The molecule has 1 aromatic rings. The number of fused-ring (bicyclic) bond motifs is 2. The summed E-state index contributed by atoms with van der Waals surface area (Å²) in [6.45, 7) is 0.749. The summed E-state index contributed by atoms with van der Waals surface area (Å²) < 4.78 is 0. The molecule has 0 bridgehead atoms. The summed E-state index contributed by atoms with van der Waals surface area (Å²) in [6.07, 6.45) is 9.36. The maximum absolute atomic E-state index is 13.7. The standard InChI is InChI=1S/C22H28N2O3S/c1-28-14-12-19(24-20(25)16-9-3-4-10-17(16)21(24)26)22(27)23-13-6-8-15-7-2-5-11-18(15)23/h3-4,9-10,15,18-19H,2,5-8,11-14H2,1H3. The lowest BCUT2D eigenvalue weighted by Gasteiger charge is -2.45. The Bertz CT molecular complexity index is 744. The number of imide groups is 1. The Morgan fingerprint density at radius 1 is 1.07 bits per heavy atom. The van der Waals surface area contributed by atoms with Gasteiger partial charge in [0.2, 0.25) is 5.91 Å². The van der Waals surface area contributed by atoms with Crippen molar-refractivity contribution < 1.29 is 14.4 Å². The van der Waals surface area contributed by atoms with Crippen molar-refractivity contribution >= 4 is 29.5 Å². The lowest BCUT2D eigenvalue weighted by molar-refractivity contribution is -0.142. The molecule has 3 amide bonds. The van der Waals surface area contributed by atoms with Crippen molar-refractivity contribution in [1.29, 1.82) is 0 Å². The van der Waals surface area contributed by atoms with E-state index < -0.39 is 6.04 Å². The molecule has 2 fully saturated rings. The molecule has 3 unspecified atom stereocenters. The molecule has 2 aliphatic heterocycles. The molecule has 4 rings (SSSR count). The summed E-state index contributed by atoms with van der Waals surface area (Å²) in [5, 5.41) is 0. The van der Waals surface area contributed by atoms with E-state index in [0.717, 1.165) is 31.6 Å². The van der Waals surface area contributed by atoms with Crippen LogP contribution in [0.4, 0.5) is 0 Å². The van der Waals surface area contributed by atoms with Crippen LogP contribution >= 0.6 is 11.8 Å². The van der Waals surface area contributed by atoms with Gasteiger partial charge in [0.05, 0.1) is 11.1 Å². The minimum atomic E-state index is -0.694. The fourth-order valence-corrected chi connectivity index (χ4v) is 5.63. The van der Waals surface area contributed by atoms with Gasteiger partial charge in [-0.15, -0.1) is 0 Å². The minimum absolute atomic E-state index is 0.0276. The topological polar surface area (TPSA) is 57.7 Å². The summed E-state index contributed by atoms with van der Waals surface area (Å²) in [5.41, 5.74) is 0.840. The van der Waals surface area contributed by atoms with Gasteiger partial charge in [0.15, 0.2) is 0 Å². The molecule has 3 aliphatic rings. The number of hydrogen-bond acceptors (Lipinski definition) is 4. The molecule has 0 aromatic heterocycles. The SMILES string of the molecule is CSCCC(C(=O)N1CCCC2CCCCC21)N1C(=O)c2ccccc2C1=O. The van der Waals surface area contributed by atoms with Crippen LogP contribution in [0, 0.1) is 5.92 Å². The second-order valence-electron chi connectivity index (χ2n) is 8.11. The van der Waals surface area contributed by atoms with E-state index in [2.05, 4.69) is 0 Å². The molecule has 0 radical (unpaired) electrons. The fourth-order valence-electron chi connectivity index (χ4n) is 5.17. The van der Waals surface area contributed by atoms with E-state index in [9.17, 15) is 14.4 Å². The Morgan fingerprint density at radius 3 is 2.39 bits per heavy atom. The average Bonchev–Trinajstić information content (AvgIpc) is 2.99. The number of carbonyl (C=O) groups is 3. The Hall–Kier alpha value is -1.82. The molecule has 0 spiro atoms. The molecule has 150 valence electrons. The van der Waals surface area contributed by atoms with E-state index in [1.54, 1.807) is 36.0 Å². The Morgan fingerprint density at radius 2 is 1.71 bits per heavy atom. The van der Waals surface area contributed by atoms with Crippen LogP contribution in [0.2, 0.25) is 0 Å². The first-order chi connectivity index (χ1) is 13.6. The van der Waals surface area contributed by atoms with Crippen molar-refractivity contribution in [2.45, 2.75) is 57.0 Å². The third-order valence-corrected chi connectivity index (χ3v) is 7.19. The molecule has 0 N–H and O–H groups in total. The first-order valence-electron chi connectivity index (χ1n) is 10.4. The normalized spacial score (nSPS) is 25.5. The molecule has 1 saturated carbocycles. The summed E-state index contributed by atoms with van der Waals surface area (Å²) in [5.74, 6) is 0.649. The van der Waals surface area contributed by atoms with Crippen molar-refractivity contribution in [1.82, 2.24) is 9.80 Å². The molecule has 28 heavy (non-hydrogen) atoms. The summed E-state index contributed by atoms with van der Waals surface area (Å²) >= 11 is 1.64. The van der Waals surface area contributed by atoms with Gasteiger partial charge in [0.1, 0.15) is 6.04 Å². The molecular formula is C22H28N2O3S. The average molecular weight is 401 g/mol. The van der Waals surface area contributed by atoms with Gasteiger partial charge in [-0.05, 0) is 62.2 Å². The van der Waals surface area contributed by atoms with Gasteiger partial charge in [0, 0.05) is 12.6 Å². The molecule has 5 nitrogen and oxygen atoms in total. The smallest absolute Gasteiger partial charge is 0.262 e. The lowest BCUT2D eigenvalue weighted by atomic mass is 9.78. The van der Waals surface area contributed by atoms with Gasteiger partial charge in [-0.25, -0.2) is 0 Å². The maximum Gasteiger partial charge on any atom is 0.262 e. The van der Waals surface area contributed by atoms with Crippen LogP contribution in [0.15, 0.2) is 24.3 Å². The summed E-state index contributed by atoms with van der Waals surface area (Å²) in [6, 6.07) is 6.49. The molecule has 1 saturated heterocycles. The van der Waals surface area contributed by atoms with E-state index in [1.165, 1.54) is 24.2 Å². The van der Waals surface area contributed by atoms with E-state index >= 15 is 0 Å².